The van der Waals surface area contributed by atoms with Gasteiger partial charge in [0.1, 0.15) is 22.3 Å². The number of hydrogen-bond acceptors (Lipinski definition) is 7. The molecule has 3 fully saturated rings. The largest absolute Gasteiger partial charge is 0.444 e. The number of anilines is 1. The summed E-state index contributed by atoms with van der Waals surface area (Å²) in [6.45, 7) is 6.53. The van der Waals surface area contributed by atoms with Crippen LogP contribution in [0, 0.1) is 5.82 Å². The Hall–Kier alpha value is -2.07. The second kappa shape index (κ2) is 8.01. The number of amides is 1. The number of thioether (sulfide) groups is 1. The number of rotatable bonds is 3. The molecule has 1 amide bonds. The monoisotopic (exact) mass is 495 g/mol. The van der Waals surface area contributed by atoms with Crippen molar-refractivity contribution in [2.45, 2.75) is 75.3 Å². The lowest BCUT2D eigenvalue weighted by molar-refractivity contribution is 0.0123. The minimum atomic E-state index is -0.688. The number of pyridine rings is 1. The summed E-state index contributed by atoms with van der Waals surface area (Å²) in [4.78, 5) is 39.1. The smallest absolute Gasteiger partial charge is 0.410 e. The van der Waals surface area contributed by atoms with E-state index in [1.54, 1.807) is 6.26 Å². The maximum absolute atomic E-state index is 15.3. The van der Waals surface area contributed by atoms with Crippen LogP contribution in [0.1, 0.15) is 52.5 Å². The van der Waals surface area contributed by atoms with Gasteiger partial charge in [0.2, 0.25) is 0 Å². The molecule has 2 atom stereocenters. The molecular weight excluding hydrogens is 469 g/mol. The van der Waals surface area contributed by atoms with Crippen LogP contribution in [0.5, 0.6) is 0 Å². The number of fused-ring (bicyclic) bond motifs is 3. The fourth-order valence-electron chi connectivity index (χ4n) is 4.87. The van der Waals surface area contributed by atoms with Crippen LogP contribution in [0.2, 0.25) is 5.15 Å². The fraction of sp³-hybridized carbons (Fsp3) is 0.636. The number of halogens is 2. The van der Waals surface area contributed by atoms with Crippen molar-refractivity contribution < 1.29 is 13.9 Å². The highest BCUT2D eigenvalue weighted by atomic mass is 35.5. The van der Waals surface area contributed by atoms with Crippen molar-refractivity contribution in [1.82, 2.24) is 19.4 Å². The quantitative estimate of drug-likeness (QED) is 0.358. The molecule has 0 N–H and O–H groups in total. The van der Waals surface area contributed by atoms with Crippen molar-refractivity contribution in [3.05, 3.63) is 21.3 Å². The molecule has 178 valence electrons. The van der Waals surface area contributed by atoms with E-state index in [1.807, 2.05) is 30.6 Å². The molecule has 3 aliphatic rings. The third-order valence-electron chi connectivity index (χ3n) is 6.38. The van der Waals surface area contributed by atoms with Gasteiger partial charge in [-0.15, -0.1) is 0 Å². The van der Waals surface area contributed by atoms with Crippen molar-refractivity contribution in [3.8, 4) is 0 Å². The third-order valence-corrected chi connectivity index (χ3v) is 7.28. The van der Waals surface area contributed by atoms with E-state index in [-0.39, 0.29) is 45.8 Å². The van der Waals surface area contributed by atoms with Gasteiger partial charge in [-0.1, -0.05) is 23.4 Å². The van der Waals surface area contributed by atoms with Crippen LogP contribution in [0.15, 0.2) is 9.95 Å². The summed E-state index contributed by atoms with van der Waals surface area (Å²) < 4.78 is 22.3. The van der Waals surface area contributed by atoms with Crippen LogP contribution in [0.25, 0.3) is 10.9 Å². The van der Waals surface area contributed by atoms with E-state index >= 15 is 4.39 Å². The van der Waals surface area contributed by atoms with E-state index in [4.69, 9.17) is 16.3 Å². The predicted octanol–water partition coefficient (Wildman–Crippen LogP) is 4.23. The van der Waals surface area contributed by atoms with Gasteiger partial charge >= 0.3 is 6.09 Å². The molecule has 1 aliphatic carbocycles. The lowest BCUT2D eigenvalue weighted by Gasteiger charge is -2.42. The molecular formula is C22H27ClFN5O3S. The summed E-state index contributed by atoms with van der Waals surface area (Å²) in [5.74, 6) is -0.271. The summed E-state index contributed by atoms with van der Waals surface area (Å²) in [5.41, 5.74) is -0.976. The summed E-state index contributed by atoms with van der Waals surface area (Å²) >= 11 is 7.54. The molecule has 2 aliphatic heterocycles. The van der Waals surface area contributed by atoms with E-state index in [0.29, 0.717) is 24.1 Å². The first-order chi connectivity index (χ1) is 15.6. The average molecular weight is 496 g/mol. The highest BCUT2D eigenvalue weighted by Crippen LogP contribution is 2.40. The van der Waals surface area contributed by atoms with E-state index < -0.39 is 11.4 Å². The van der Waals surface area contributed by atoms with Crippen LogP contribution in [-0.4, -0.2) is 62.6 Å². The number of hydrogen-bond donors (Lipinski definition) is 0. The van der Waals surface area contributed by atoms with E-state index in [1.165, 1.54) is 16.3 Å². The Kier molecular flexibility index (Phi) is 5.51. The molecule has 1 saturated carbocycles. The van der Waals surface area contributed by atoms with Crippen molar-refractivity contribution in [2.75, 3.05) is 24.2 Å². The molecule has 2 unspecified atom stereocenters. The lowest BCUT2D eigenvalue weighted by Crippen LogP contribution is -2.57. The van der Waals surface area contributed by atoms with E-state index in [2.05, 4.69) is 9.97 Å². The minimum absolute atomic E-state index is 0.0434. The highest BCUT2D eigenvalue weighted by Gasteiger charge is 2.45. The molecule has 0 spiro atoms. The molecule has 11 heteroatoms. The van der Waals surface area contributed by atoms with Gasteiger partial charge in [-0.2, -0.15) is 0 Å². The van der Waals surface area contributed by atoms with Gasteiger partial charge in [0.05, 0.1) is 12.1 Å². The van der Waals surface area contributed by atoms with Crippen LogP contribution in [0.3, 0.4) is 0 Å². The van der Waals surface area contributed by atoms with E-state index in [0.717, 1.165) is 25.7 Å². The Bertz CT molecular complexity index is 1180. The Morgan fingerprint density at radius 1 is 1.12 bits per heavy atom. The van der Waals surface area contributed by atoms with Gasteiger partial charge in [-0.25, -0.2) is 19.2 Å². The molecule has 5 rings (SSSR count). The topological polar surface area (TPSA) is 80.6 Å². The zero-order valence-electron chi connectivity index (χ0n) is 19.1. The van der Waals surface area contributed by atoms with Gasteiger partial charge in [-0.05, 0) is 52.7 Å². The summed E-state index contributed by atoms with van der Waals surface area (Å²) in [7, 11) is 0. The van der Waals surface area contributed by atoms with Gasteiger partial charge in [0.15, 0.2) is 16.1 Å². The Morgan fingerprint density at radius 2 is 1.73 bits per heavy atom. The Balaban J connectivity index is 1.57. The Morgan fingerprint density at radius 3 is 2.27 bits per heavy atom. The number of carbonyl (C=O) groups excluding carboxylic acids is 1. The van der Waals surface area contributed by atoms with Crippen LogP contribution < -0.4 is 10.5 Å². The zero-order valence-corrected chi connectivity index (χ0v) is 20.7. The first-order valence-corrected chi connectivity index (χ1v) is 12.8. The maximum atomic E-state index is 15.3. The van der Waals surface area contributed by atoms with Gasteiger partial charge in [0.25, 0.3) is 5.56 Å². The van der Waals surface area contributed by atoms with Crippen LogP contribution >= 0.6 is 23.4 Å². The van der Waals surface area contributed by atoms with Gasteiger partial charge < -0.3 is 9.64 Å². The van der Waals surface area contributed by atoms with Crippen LogP contribution in [-0.2, 0) is 4.74 Å². The summed E-state index contributed by atoms with van der Waals surface area (Å²) in [6, 6.07) is -0.217. The Labute approximate surface area is 200 Å². The molecule has 4 heterocycles. The second-order valence-corrected chi connectivity index (χ2v) is 11.1. The average Bonchev–Trinajstić information content (AvgIpc) is 3.54. The number of ether oxygens (including phenoxy) is 1. The molecule has 2 aromatic heterocycles. The number of piperazine rings is 1. The first kappa shape index (κ1) is 22.7. The predicted molar refractivity (Wildman–Crippen MR) is 126 cm³/mol. The SMILES string of the molecule is CSc1nc(N2CC3CCC(C2)N3C(=O)OC(C)(C)C)c2c(=O)n(C3CC3)c(Cl)c(F)c2n1. The second-order valence-electron chi connectivity index (χ2n) is 9.95. The normalized spacial score (nSPS) is 22.8. The molecule has 2 bridgehead atoms. The van der Waals surface area contributed by atoms with Crippen molar-refractivity contribution >= 4 is 46.2 Å². The van der Waals surface area contributed by atoms with Crippen molar-refractivity contribution in [3.63, 3.8) is 0 Å². The lowest BCUT2D eigenvalue weighted by atomic mass is 10.1. The molecule has 2 aromatic rings. The third kappa shape index (κ3) is 3.95. The molecule has 0 aromatic carbocycles. The first-order valence-electron chi connectivity index (χ1n) is 11.2. The van der Waals surface area contributed by atoms with Gasteiger partial charge in [-0.3, -0.25) is 14.3 Å². The number of aromatic nitrogens is 3. The highest BCUT2D eigenvalue weighted by molar-refractivity contribution is 7.98. The van der Waals surface area contributed by atoms with Crippen molar-refractivity contribution in [2.24, 2.45) is 0 Å². The molecule has 8 nitrogen and oxygen atoms in total. The molecule has 2 saturated heterocycles. The van der Waals surface area contributed by atoms with Crippen LogP contribution in [0.4, 0.5) is 15.0 Å². The summed E-state index contributed by atoms with van der Waals surface area (Å²) in [5, 5.41) is 0.339. The van der Waals surface area contributed by atoms with Crippen molar-refractivity contribution in [1.29, 1.82) is 0 Å². The standard InChI is InChI=1S/C22H27ClFN5O3S/c1-22(2,3)32-21(31)28-12-7-8-13(28)10-27(9-12)18-14-16(25-20(26-18)33-4)15(24)17(23)29(19(14)30)11-5-6-11/h11-13H,5-10H2,1-4H3. The zero-order chi connectivity index (χ0) is 23.7. The molecule has 0 radical (unpaired) electrons. The summed E-state index contributed by atoms with van der Waals surface area (Å²) in [6.07, 6.45) is 4.75. The van der Waals surface area contributed by atoms with Gasteiger partial charge in [0, 0.05) is 19.1 Å². The maximum Gasteiger partial charge on any atom is 0.410 e. The molecule has 33 heavy (non-hydrogen) atoms. The number of carbonyl (C=O) groups is 1. The van der Waals surface area contributed by atoms with E-state index in [9.17, 15) is 9.59 Å². The number of nitrogens with zero attached hydrogens (tertiary/aromatic N) is 5. The minimum Gasteiger partial charge on any atom is -0.444 e. The fourth-order valence-corrected chi connectivity index (χ4v) is 5.53.